The summed E-state index contributed by atoms with van der Waals surface area (Å²) in [6.07, 6.45) is -4.50. The highest BCUT2D eigenvalue weighted by atomic mass is 19.4. The van der Waals surface area contributed by atoms with Gasteiger partial charge in [-0.1, -0.05) is 37.6 Å². The van der Waals surface area contributed by atoms with Gasteiger partial charge in [0.05, 0.1) is 24.3 Å². The number of halogens is 5. The van der Waals surface area contributed by atoms with E-state index in [1.54, 1.807) is 13.8 Å². The summed E-state index contributed by atoms with van der Waals surface area (Å²) in [6, 6.07) is 7.73. The lowest BCUT2D eigenvalue weighted by Crippen LogP contribution is -2.39. The van der Waals surface area contributed by atoms with Crippen molar-refractivity contribution >= 4 is 11.9 Å². The third-order valence-corrected chi connectivity index (χ3v) is 5.63. The largest absolute Gasteiger partial charge is 0.463 e. The summed E-state index contributed by atoms with van der Waals surface area (Å²) in [5, 5.41) is 0. The van der Waals surface area contributed by atoms with Crippen LogP contribution in [0.2, 0.25) is 0 Å². The van der Waals surface area contributed by atoms with Crippen molar-refractivity contribution in [2.24, 2.45) is 0 Å². The fourth-order valence-corrected chi connectivity index (χ4v) is 4.19. The molecule has 2 aromatic rings. The first kappa shape index (κ1) is 25.4. The molecule has 0 spiro atoms. The van der Waals surface area contributed by atoms with Crippen LogP contribution in [0.5, 0.6) is 0 Å². The summed E-state index contributed by atoms with van der Waals surface area (Å²) in [7, 11) is 0. The van der Waals surface area contributed by atoms with Crippen molar-refractivity contribution in [1.29, 1.82) is 0 Å². The molecule has 0 aromatic heterocycles. The monoisotopic (exact) mass is 481 g/mol. The summed E-state index contributed by atoms with van der Waals surface area (Å²) in [5.41, 5.74) is -0.998. The summed E-state index contributed by atoms with van der Waals surface area (Å²) < 4.78 is 74.1. The zero-order valence-electron chi connectivity index (χ0n) is 18.7. The van der Waals surface area contributed by atoms with Gasteiger partial charge in [0.2, 0.25) is 5.91 Å². The molecule has 0 fully saturated rings. The zero-order valence-corrected chi connectivity index (χ0v) is 18.7. The third-order valence-electron chi connectivity index (χ3n) is 5.63. The van der Waals surface area contributed by atoms with Crippen LogP contribution < -0.4 is 0 Å². The Hall–Kier alpha value is -3.23. The Morgan fingerprint density at radius 1 is 1.12 bits per heavy atom. The van der Waals surface area contributed by atoms with Crippen molar-refractivity contribution in [2.45, 2.75) is 51.7 Å². The van der Waals surface area contributed by atoms with Gasteiger partial charge in [-0.05, 0) is 31.0 Å². The van der Waals surface area contributed by atoms with Crippen LogP contribution >= 0.6 is 0 Å². The molecule has 2 aromatic carbocycles. The molecule has 1 atom stereocenters. The Balaban J connectivity index is 2.20. The maximum absolute atomic E-state index is 14.3. The van der Waals surface area contributed by atoms with E-state index in [1.165, 1.54) is 29.2 Å². The summed E-state index contributed by atoms with van der Waals surface area (Å²) >= 11 is 0. The van der Waals surface area contributed by atoms with E-state index >= 15 is 0 Å². The van der Waals surface area contributed by atoms with E-state index < -0.39 is 47.6 Å². The second-order valence-corrected chi connectivity index (χ2v) is 7.89. The Morgan fingerprint density at radius 2 is 1.82 bits per heavy atom. The number of alkyl halides is 3. The van der Waals surface area contributed by atoms with Gasteiger partial charge in [-0.2, -0.15) is 13.2 Å². The molecule has 0 N–H and O–H groups in total. The van der Waals surface area contributed by atoms with Gasteiger partial charge in [-0.25, -0.2) is 13.6 Å². The number of nitrogens with zero attached hydrogens (tertiary/aromatic N) is 1. The van der Waals surface area contributed by atoms with E-state index in [4.69, 9.17) is 4.74 Å². The van der Waals surface area contributed by atoms with Gasteiger partial charge in [0, 0.05) is 29.7 Å². The van der Waals surface area contributed by atoms with Gasteiger partial charge in [0.1, 0.15) is 11.6 Å². The van der Waals surface area contributed by atoms with Crippen molar-refractivity contribution in [1.82, 2.24) is 4.90 Å². The van der Waals surface area contributed by atoms with E-state index in [0.29, 0.717) is 12.5 Å². The topological polar surface area (TPSA) is 46.6 Å². The average molecular weight is 481 g/mol. The number of rotatable bonds is 7. The summed E-state index contributed by atoms with van der Waals surface area (Å²) in [6.45, 7) is 3.03. The molecule has 9 heteroatoms. The number of benzene rings is 2. The van der Waals surface area contributed by atoms with Gasteiger partial charge in [0.15, 0.2) is 0 Å². The minimum absolute atomic E-state index is 0.0145. The number of ether oxygens (including phenoxy) is 1. The minimum Gasteiger partial charge on any atom is -0.463 e. The van der Waals surface area contributed by atoms with E-state index in [2.05, 4.69) is 0 Å². The standard InChI is InChI=1S/C25H24F5NO3/c1-3-7-21-23(24(33)34-4-2)18(17-8-5-6-9-19(17)25(28,29)30)13-22(32)31(21)14-15-10-11-16(26)12-20(15)27/h5-6,8-12,18H,3-4,7,13-14H2,1-2H3. The molecule has 0 aliphatic carbocycles. The molecule has 3 rings (SSSR count). The van der Waals surface area contributed by atoms with Gasteiger partial charge < -0.3 is 9.64 Å². The first-order valence-corrected chi connectivity index (χ1v) is 10.9. The minimum atomic E-state index is -4.70. The predicted octanol–water partition coefficient (Wildman–Crippen LogP) is 6.12. The summed E-state index contributed by atoms with van der Waals surface area (Å²) in [5.74, 6) is -4.23. The lowest BCUT2D eigenvalue weighted by atomic mass is 9.80. The van der Waals surface area contributed by atoms with Crippen LogP contribution in [-0.2, 0) is 27.0 Å². The first-order valence-electron chi connectivity index (χ1n) is 10.9. The highest BCUT2D eigenvalue weighted by molar-refractivity contribution is 5.96. The van der Waals surface area contributed by atoms with Crippen molar-refractivity contribution in [3.8, 4) is 0 Å². The number of hydrogen-bond acceptors (Lipinski definition) is 3. The third kappa shape index (κ3) is 5.29. The molecular formula is C25H24F5NO3. The second kappa shape index (κ2) is 10.4. The quantitative estimate of drug-likeness (QED) is 0.354. The van der Waals surface area contributed by atoms with Crippen LogP contribution in [0.3, 0.4) is 0 Å². The molecular weight excluding hydrogens is 457 g/mol. The first-order chi connectivity index (χ1) is 16.1. The van der Waals surface area contributed by atoms with Gasteiger partial charge in [0.25, 0.3) is 0 Å². The average Bonchev–Trinajstić information content (AvgIpc) is 2.77. The smallest absolute Gasteiger partial charge is 0.416 e. The van der Waals surface area contributed by atoms with Gasteiger partial charge in [-0.3, -0.25) is 4.79 Å². The number of carbonyl (C=O) groups excluding carboxylic acids is 2. The van der Waals surface area contributed by atoms with E-state index in [9.17, 15) is 31.5 Å². The molecule has 1 heterocycles. The number of carbonyl (C=O) groups is 2. The number of hydrogen-bond donors (Lipinski definition) is 0. The Morgan fingerprint density at radius 3 is 2.44 bits per heavy atom. The van der Waals surface area contributed by atoms with Crippen LogP contribution in [0.15, 0.2) is 53.7 Å². The van der Waals surface area contributed by atoms with Gasteiger partial charge in [-0.15, -0.1) is 0 Å². The Labute approximate surface area is 194 Å². The normalized spacial score (nSPS) is 16.7. The van der Waals surface area contributed by atoms with Crippen LogP contribution in [0.25, 0.3) is 0 Å². The predicted molar refractivity (Wildman–Crippen MR) is 114 cm³/mol. The van der Waals surface area contributed by atoms with Crippen molar-refractivity contribution in [2.75, 3.05) is 6.61 Å². The van der Waals surface area contributed by atoms with Crippen LogP contribution in [0.1, 0.15) is 55.7 Å². The highest BCUT2D eigenvalue weighted by Gasteiger charge is 2.42. The molecule has 4 nitrogen and oxygen atoms in total. The van der Waals surface area contributed by atoms with Crippen LogP contribution in [-0.4, -0.2) is 23.4 Å². The maximum Gasteiger partial charge on any atom is 0.416 e. The fourth-order valence-electron chi connectivity index (χ4n) is 4.19. The zero-order chi connectivity index (χ0) is 25.0. The lowest BCUT2D eigenvalue weighted by Gasteiger charge is -2.36. The van der Waals surface area contributed by atoms with E-state index in [-0.39, 0.29) is 42.0 Å². The highest BCUT2D eigenvalue weighted by Crippen LogP contribution is 2.44. The SMILES string of the molecule is CCCC1=C(C(=O)OCC)C(c2ccccc2C(F)(F)F)CC(=O)N1Cc1ccc(F)cc1F. The molecule has 1 unspecified atom stereocenters. The molecule has 0 radical (unpaired) electrons. The molecule has 34 heavy (non-hydrogen) atoms. The Kier molecular flexibility index (Phi) is 7.74. The molecule has 1 aliphatic rings. The van der Waals surface area contributed by atoms with E-state index in [0.717, 1.165) is 12.1 Å². The molecule has 1 aliphatic heterocycles. The molecule has 0 saturated carbocycles. The number of esters is 1. The molecule has 182 valence electrons. The van der Waals surface area contributed by atoms with Crippen molar-refractivity contribution < 1.29 is 36.3 Å². The lowest BCUT2D eigenvalue weighted by molar-refractivity contribution is -0.142. The molecule has 0 bridgehead atoms. The molecule has 1 amide bonds. The second-order valence-electron chi connectivity index (χ2n) is 7.89. The van der Waals surface area contributed by atoms with Crippen molar-refractivity contribution in [3.05, 3.63) is 82.1 Å². The Bertz CT molecular complexity index is 1110. The maximum atomic E-state index is 14.3. The summed E-state index contributed by atoms with van der Waals surface area (Å²) in [4.78, 5) is 27.4. The van der Waals surface area contributed by atoms with Crippen molar-refractivity contribution in [3.63, 3.8) is 0 Å². The van der Waals surface area contributed by atoms with Crippen LogP contribution in [0, 0.1) is 11.6 Å². The van der Waals surface area contributed by atoms with Gasteiger partial charge >= 0.3 is 12.1 Å². The number of allylic oxidation sites excluding steroid dienone is 1. The number of amides is 1. The fraction of sp³-hybridized carbons (Fsp3) is 0.360. The molecule has 0 saturated heterocycles. The van der Waals surface area contributed by atoms with E-state index in [1.807, 2.05) is 0 Å². The van der Waals surface area contributed by atoms with Crippen LogP contribution in [0.4, 0.5) is 22.0 Å².